The van der Waals surface area contributed by atoms with E-state index in [0.29, 0.717) is 44.5 Å². The van der Waals surface area contributed by atoms with Crippen LogP contribution < -0.4 is 0 Å². The van der Waals surface area contributed by atoms with Gasteiger partial charge in [-0.15, -0.1) is 0 Å². The molecule has 0 fully saturated rings. The SMILES string of the molecule is FC(F)C(F)(F)C(F)(F)C(F)(F)C(F)(F)C(F)(F)C1=Cc2nc1c(-c1ccccc1)c1ccc([nH]1)c(-c1ccccc1)c1ccc([nH]1)c(-c1ccccc1)c1nc(c2-c2ccccc2)C=C1. The summed E-state index contributed by atoms with van der Waals surface area (Å²) in [4.78, 5) is 15.9. The number of halogens is 12. The van der Waals surface area contributed by atoms with E-state index in [4.69, 9.17) is 4.98 Å². The Labute approximate surface area is 366 Å². The van der Waals surface area contributed by atoms with Crippen molar-refractivity contribution in [2.75, 3.05) is 0 Å². The molecule has 4 aromatic carbocycles. The Bertz CT molecular complexity index is 3200. The minimum Gasteiger partial charge on any atom is -0.354 e. The van der Waals surface area contributed by atoms with Crippen LogP contribution >= 0.6 is 0 Å². The highest BCUT2D eigenvalue weighted by molar-refractivity contribution is 6.03. The number of nitrogens with one attached hydrogen (secondary N) is 2. The van der Waals surface area contributed by atoms with E-state index in [1.54, 1.807) is 66.7 Å². The van der Waals surface area contributed by atoms with Gasteiger partial charge in [0.25, 0.3) is 0 Å². The normalized spacial score (nSPS) is 13.6. The van der Waals surface area contributed by atoms with E-state index in [1.807, 2.05) is 18.2 Å². The predicted octanol–water partition coefficient (Wildman–Crippen LogP) is 15.1. The van der Waals surface area contributed by atoms with Crippen molar-refractivity contribution >= 4 is 45.9 Å². The number of aromatic nitrogens is 4. The lowest BCUT2D eigenvalue weighted by molar-refractivity contribution is -0.405. The van der Waals surface area contributed by atoms with Crippen LogP contribution in [-0.2, 0) is 0 Å². The summed E-state index contributed by atoms with van der Waals surface area (Å²) >= 11 is 0. The lowest BCUT2D eigenvalue weighted by Crippen LogP contribution is -2.68. The molecule has 2 aliphatic heterocycles. The molecule has 9 rings (SSSR count). The fourth-order valence-electron chi connectivity index (χ4n) is 8.06. The summed E-state index contributed by atoms with van der Waals surface area (Å²) in [5.74, 6) is -36.7. The number of benzene rings is 4. The summed E-state index contributed by atoms with van der Waals surface area (Å²) in [6.45, 7) is 0. The van der Waals surface area contributed by atoms with Crippen molar-refractivity contribution < 1.29 is 52.7 Å². The molecule has 0 radical (unpaired) electrons. The van der Waals surface area contributed by atoms with E-state index in [9.17, 15) is 26.3 Å². The van der Waals surface area contributed by atoms with Gasteiger partial charge in [0.2, 0.25) is 0 Å². The molecule has 0 saturated heterocycles. The molecule has 66 heavy (non-hydrogen) atoms. The largest absolute Gasteiger partial charge is 0.385 e. The Morgan fingerprint density at radius 1 is 0.379 bits per heavy atom. The van der Waals surface area contributed by atoms with Gasteiger partial charge in [-0.3, -0.25) is 0 Å². The summed E-state index contributed by atoms with van der Waals surface area (Å²) in [7, 11) is 0. The van der Waals surface area contributed by atoms with Crippen molar-refractivity contribution in [3.63, 3.8) is 0 Å². The quantitative estimate of drug-likeness (QED) is 0.134. The van der Waals surface area contributed by atoms with Crippen molar-refractivity contribution in [2.24, 2.45) is 0 Å². The number of rotatable bonds is 10. The smallest absolute Gasteiger partial charge is 0.354 e. The highest BCUT2D eigenvalue weighted by atomic mass is 19.4. The standard InChI is InChI=1S/C50H30F12N4/c51-45(52)47(55,56)49(59,60)50(61,62)48(57,58)46(53,54)32-27-39-42(30-17-9-3-10-18-30)37-24-23-35(64-37)40(28-13-5-1-6-14-28)33-21-22-34(63-33)41(29-15-7-2-8-16-29)36-25-26-38(65-36)43(44(32)66-39)31-19-11-4-12-20-31/h1-27,45,63,65H. The summed E-state index contributed by atoms with van der Waals surface area (Å²) in [5, 5.41) is 0. The zero-order chi connectivity index (χ0) is 46.8. The van der Waals surface area contributed by atoms with E-state index < -0.39 is 58.6 Å². The third kappa shape index (κ3) is 6.88. The van der Waals surface area contributed by atoms with Gasteiger partial charge in [0.1, 0.15) is 0 Å². The Balaban J connectivity index is 1.48. The maximum absolute atomic E-state index is 17.0. The van der Waals surface area contributed by atoms with Crippen molar-refractivity contribution in [3.05, 3.63) is 168 Å². The van der Waals surface area contributed by atoms with Crippen LogP contribution in [0.1, 0.15) is 22.8 Å². The van der Waals surface area contributed by atoms with Crippen LogP contribution in [0.25, 0.3) is 90.4 Å². The summed E-state index contributed by atoms with van der Waals surface area (Å²) < 4.78 is 181. The van der Waals surface area contributed by atoms with Crippen LogP contribution in [0.15, 0.2) is 146 Å². The van der Waals surface area contributed by atoms with E-state index in [2.05, 4.69) is 15.0 Å². The molecular formula is C50H30F12N4. The Kier molecular flexibility index (Phi) is 10.6. The number of fused-ring (bicyclic) bond motifs is 8. The molecule has 334 valence electrons. The van der Waals surface area contributed by atoms with Crippen LogP contribution in [-0.4, -0.2) is 56.0 Å². The number of aromatic amines is 2. The number of hydrogen-bond acceptors (Lipinski definition) is 2. The maximum atomic E-state index is 17.0. The van der Waals surface area contributed by atoms with Crippen molar-refractivity contribution in [3.8, 4) is 44.5 Å². The van der Waals surface area contributed by atoms with E-state index >= 15 is 26.3 Å². The van der Waals surface area contributed by atoms with Crippen LogP contribution in [0.3, 0.4) is 0 Å². The number of H-pyrrole nitrogens is 2. The fraction of sp³-hybridized carbons (Fsp3) is 0.120. The monoisotopic (exact) mass is 914 g/mol. The Hall–Kier alpha value is -7.36. The average molecular weight is 915 g/mol. The van der Waals surface area contributed by atoms with Crippen LogP contribution in [0.5, 0.6) is 0 Å². The lowest BCUT2D eigenvalue weighted by atomic mass is 9.87. The molecule has 0 saturated carbocycles. The topological polar surface area (TPSA) is 57.4 Å². The second-order valence-corrected chi connectivity index (χ2v) is 15.4. The van der Waals surface area contributed by atoms with Gasteiger partial charge in [0.05, 0.1) is 28.3 Å². The zero-order valence-electron chi connectivity index (χ0n) is 33.6. The summed E-state index contributed by atoms with van der Waals surface area (Å²) in [6, 6.07) is 39.1. The minimum atomic E-state index is -7.80. The van der Waals surface area contributed by atoms with Gasteiger partial charge in [0, 0.05) is 44.3 Å². The van der Waals surface area contributed by atoms with Gasteiger partial charge in [-0.2, -0.15) is 43.9 Å². The minimum absolute atomic E-state index is 0.00239. The second kappa shape index (κ2) is 16.0. The molecule has 0 amide bonds. The van der Waals surface area contributed by atoms with Crippen molar-refractivity contribution in [1.29, 1.82) is 0 Å². The van der Waals surface area contributed by atoms with Crippen LogP contribution in [0.2, 0.25) is 0 Å². The van der Waals surface area contributed by atoms with Gasteiger partial charge in [0.15, 0.2) is 0 Å². The molecule has 0 spiro atoms. The van der Waals surface area contributed by atoms with Crippen molar-refractivity contribution in [2.45, 2.75) is 36.0 Å². The maximum Gasteiger partial charge on any atom is 0.385 e. The highest BCUT2D eigenvalue weighted by Crippen LogP contribution is 2.61. The van der Waals surface area contributed by atoms with Gasteiger partial charge >= 0.3 is 36.0 Å². The Morgan fingerprint density at radius 2 is 0.758 bits per heavy atom. The molecule has 0 atom stereocenters. The summed E-state index contributed by atoms with van der Waals surface area (Å²) in [5.41, 5.74) is -0.315. The molecule has 0 unspecified atom stereocenters. The number of allylic oxidation sites excluding steroid dienone is 1. The molecule has 0 aliphatic carbocycles. The molecule has 3 aromatic heterocycles. The van der Waals surface area contributed by atoms with Crippen LogP contribution in [0.4, 0.5) is 52.7 Å². The predicted molar refractivity (Wildman–Crippen MR) is 230 cm³/mol. The van der Waals surface area contributed by atoms with Gasteiger partial charge in [-0.25, -0.2) is 18.7 Å². The summed E-state index contributed by atoms with van der Waals surface area (Å²) in [6.07, 6.45) is -2.31. The van der Waals surface area contributed by atoms with Gasteiger partial charge < -0.3 is 9.97 Å². The zero-order valence-corrected chi connectivity index (χ0v) is 33.6. The molecule has 5 heterocycles. The number of hydrogen-bond donors (Lipinski definition) is 2. The highest BCUT2D eigenvalue weighted by Gasteiger charge is 2.88. The molecule has 2 N–H and O–H groups in total. The molecule has 16 heteroatoms. The molecule has 7 aromatic rings. The van der Waals surface area contributed by atoms with E-state index in [1.165, 1.54) is 72.8 Å². The third-order valence-electron chi connectivity index (χ3n) is 11.3. The molecule has 4 nitrogen and oxygen atoms in total. The first-order chi connectivity index (χ1) is 31.4. The first-order valence-electron chi connectivity index (χ1n) is 20.0. The lowest BCUT2D eigenvalue weighted by Gasteiger charge is -2.39. The fourth-order valence-corrected chi connectivity index (χ4v) is 8.06. The second-order valence-electron chi connectivity index (χ2n) is 15.4. The van der Waals surface area contributed by atoms with Crippen molar-refractivity contribution in [1.82, 2.24) is 19.9 Å². The van der Waals surface area contributed by atoms with E-state index in [0.717, 1.165) is 0 Å². The molecular weight excluding hydrogens is 885 g/mol. The molecule has 8 bridgehead atoms. The average Bonchev–Trinajstić information content (AvgIpc) is 4.15. The van der Waals surface area contributed by atoms with Gasteiger partial charge in [-0.05, 0) is 64.7 Å². The van der Waals surface area contributed by atoms with E-state index in [-0.39, 0.29) is 34.0 Å². The molecule has 2 aliphatic rings. The first kappa shape index (κ1) is 43.9. The van der Waals surface area contributed by atoms with Crippen LogP contribution in [0, 0.1) is 0 Å². The first-order valence-corrected chi connectivity index (χ1v) is 20.0. The number of nitrogens with zero attached hydrogens (tertiary/aromatic N) is 2. The number of alkyl halides is 12. The Morgan fingerprint density at radius 3 is 1.21 bits per heavy atom. The third-order valence-corrected chi connectivity index (χ3v) is 11.3. The van der Waals surface area contributed by atoms with Gasteiger partial charge in [-0.1, -0.05) is 121 Å².